The van der Waals surface area contributed by atoms with Crippen molar-refractivity contribution in [2.45, 2.75) is 26.1 Å². The van der Waals surface area contributed by atoms with Crippen LogP contribution in [0.25, 0.3) is 0 Å². The number of hydrogen-bond acceptors (Lipinski definition) is 7. The Bertz CT molecular complexity index is 914. The van der Waals surface area contributed by atoms with Gasteiger partial charge in [-0.05, 0) is 27.6 Å². The van der Waals surface area contributed by atoms with Gasteiger partial charge in [0.15, 0.2) is 11.4 Å². The van der Waals surface area contributed by atoms with Gasteiger partial charge in [-0.15, -0.1) is 0 Å². The van der Waals surface area contributed by atoms with Crippen LogP contribution in [-0.2, 0) is 25.5 Å². The number of esters is 2. The summed E-state index contributed by atoms with van der Waals surface area (Å²) in [6.07, 6.45) is -0.583. The van der Waals surface area contributed by atoms with Crippen molar-refractivity contribution in [3.63, 3.8) is 0 Å². The van der Waals surface area contributed by atoms with Gasteiger partial charge in [-0.2, -0.15) is 5.26 Å². The zero-order valence-electron chi connectivity index (χ0n) is 16.0. The molecule has 9 heteroatoms. The number of nitrogens with zero attached hydrogens (tertiary/aromatic N) is 1. The highest BCUT2D eigenvalue weighted by Crippen LogP contribution is 2.33. The van der Waals surface area contributed by atoms with Crippen molar-refractivity contribution in [3.05, 3.63) is 38.8 Å². The van der Waals surface area contributed by atoms with Crippen LogP contribution in [0.2, 0.25) is 0 Å². The molecular weight excluding hydrogens is 401 g/mol. The van der Waals surface area contributed by atoms with Crippen LogP contribution in [0, 0.1) is 17.1 Å². The van der Waals surface area contributed by atoms with Crippen LogP contribution in [-0.4, -0.2) is 29.9 Å². The first kappa shape index (κ1) is 14.7. The van der Waals surface area contributed by atoms with Gasteiger partial charge in [-0.3, -0.25) is 0 Å². The molecule has 0 bridgehead atoms. The predicted octanol–water partition coefficient (Wildman–Crippen LogP) is 2.66. The van der Waals surface area contributed by atoms with E-state index in [0.717, 1.165) is 6.07 Å². The summed E-state index contributed by atoms with van der Waals surface area (Å²) in [5, 5.41) is 19.3. The second-order valence-electron chi connectivity index (χ2n) is 5.43. The molecule has 0 atom stereocenters. The lowest BCUT2D eigenvalue weighted by molar-refractivity contribution is -0.222. The Kier molecular flexibility index (Phi) is 3.96. The smallest absolute Gasteiger partial charge is 0.352 e. The van der Waals surface area contributed by atoms with Gasteiger partial charge in [0.05, 0.1) is 15.6 Å². The first-order valence-corrected chi connectivity index (χ1v) is 7.54. The van der Waals surface area contributed by atoms with Gasteiger partial charge in [0, 0.05) is 20.3 Å². The van der Waals surface area contributed by atoms with E-state index in [4.69, 9.17) is 18.8 Å². The van der Waals surface area contributed by atoms with Crippen molar-refractivity contribution in [2.75, 3.05) is 7.04 Å². The van der Waals surface area contributed by atoms with Crippen molar-refractivity contribution in [3.8, 4) is 11.8 Å². The summed E-state index contributed by atoms with van der Waals surface area (Å²) in [5.74, 6) is -6.31. The van der Waals surface area contributed by atoms with Crippen LogP contribution in [0.3, 0.4) is 0 Å². The molecule has 1 aliphatic rings. The molecule has 1 fully saturated rings. The molecule has 1 aromatic rings. The Morgan fingerprint density at radius 3 is 2.60 bits per heavy atom. The average molecular weight is 417 g/mol. The highest BCUT2D eigenvalue weighted by atomic mass is 79.9. The second kappa shape index (κ2) is 6.72. The van der Waals surface area contributed by atoms with E-state index in [2.05, 4.69) is 20.7 Å². The SMILES string of the molecule is [2H]C([2H])([2H])Oc1cc(CC(O)=C2C(=O)OC(C)(C)OC2=O)c(Br)c(F)c1C#N. The molecule has 2 rings (SSSR count). The summed E-state index contributed by atoms with van der Waals surface area (Å²) in [4.78, 5) is 24.0. The van der Waals surface area contributed by atoms with Gasteiger partial charge in [0.2, 0.25) is 0 Å². The van der Waals surface area contributed by atoms with Crippen molar-refractivity contribution in [1.82, 2.24) is 0 Å². The lowest BCUT2D eigenvalue weighted by Gasteiger charge is -2.30. The van der Waals surface area contributed by atoms with Crippen LogP contribution in [0.5, 0.6) is 5.75 Å². The van der Waals surface area contributed by atoms with Crippen LogP contribution in [0.1, 0.15) is 29.1 Å². The molecule has 1 heterocycles. The van der Waals surface area contributed by atoms with E-state index in [1.54, 1.807) is 0 Å². The third kappa shape index (κ3) is 3.58. The fraction of sp³-hybridized carbons (Fsp3) is 0.312. The number of carbonyl (C=O) groups excluding carboxylic acids is 2. The maximum atomic E-state index is 14.4. The molecule has 1 saturated heterocycles. The molecule has 0 radical (unpaired) electrons. The average Bonchev–Trinajstić information content (AvgIpc) is 2.49. The summed E-state index contributed by atoms with van der Waals surface area (Å²) >= 11 is 2.90. The maximum Gasteiger partial charge on any atom is 0.352 e. The quantitative estimate of drug-likeness (QED) is 0.349. The minimum Gasteiger partial charge on any atom is -0.511 e. The lowest BCUT2D eigenvalue weighted by Crippen LogP contribution is -2.42. The summed E-state index contributed by atoms with van der Waals surface area (Å²) in [7, 11) is -2.97. The summed E-state index contributed by atoms with van der Waals surface area (Å²) in [5.41, 5.74) is -1.54. The third-order valence-corrected chi connectivity index (χ3v) is 4.06. The number of methoxy groups -OCH3 is 1. The van der Waals surface area contributed by atoms with Gasteiger partial charge in [-0.1, -0.05) is 0 Å². The molecule has 132 valence electrons. The topological polar surface area (TPSA) is 106 Å². The molecular formula is C16H13BrFNO6. The summed E-state index contributed by atoms with van der Waals surface area (Å²) < 4.78 is 49.9. The number of hydrogen-bond donors (Lipinski definition) is 1. The van der Waals surface area contributed by atoms with E-state index in [1.807, 2.05) is 0 Å². The van der Waals surface area contributed by atoms with Gasteiger partial charge < -0.3 is 19.3 Å². The number of ether oxygens (including phenoxy) is 3. The van der Waals surface area contributed by atoms with Crippen molar-refractivity contribution in [2.24, 2.45) is 0 Å². The number of allylic oxidation sites excluding steroid dienone is 1. The molecule has 0 aliphatic carbocycles. The Morgan fingerprint density at radius 2 is 2.08 bits per heavy atom. The summed E-state index contributed by atoms with van der Waals surface area (Å²) in [6.45, 7) is 2.64. The number of carbonyl (C=O) groups is 2. The molecule has 0 spiro atoms. The van der Waals surface area contributed by atoms with Crippen LogP contribution >= 0.6 is 15.9 Å². The van der Waals surface area contributed by atoms with E-state index in [9.17, 15) is 19.1 Å². The number of rotatable bonds is 3. The number of nitriles is 1. The zero-order chi connectivity index (χ0) is 21.4. The molecule has 7 nitrogen and oxygen atoms in total. The van der Waals surface area contributed by atoms with E-state index in [1.165, 1.54) is 19.9 Å². The molecule has 0 aromatic heterocycles. The van der Waals surface area contributed by atoms with Crippen molar-refractivity contribution >= 4 is 27.9 Å². The molecule has 1 N–H and O–H groups in total. The highest BCUT2D eigenvalue weighted by molar-refractivity contribution is 9.10. The van der Waals surface area contributed by atoms with Crippen LogP contribution in [0.15, 0.2) is 21.9 Å². The van der Waals surface area contributed by atoms with Gasteiger partial charge in [0.25, 0.3) is 5.79 Å². The van der Waals surface area contributed by atoms with E-state index in [0.29, 0.717) is 0 Å². The molecule has 0 unspecified atom stereocenters. The third-order valence-electron chi connectivity index (χ3n) is 3.20. The number of aliphatic hydroxyl groups excluding tert-OH is 1. The Labute approximate surface area is 154 Å². The van der Waals surface area contributed by atoms with Crippen LogP contribution in [0.4, 0.5) is 4.39 Å². The molecule has 0 amide bonds. The van der Waals surface area contributed by atoms with Crippen molar-refractivity contribution in [1.29, 1.82) is 5.26 Å². The number of halogens is 2. The molecule has 25 heavy (non-hydrogen) atoms. The number of benzene rings is 1. The van der Waals surface area contributed by atoms with Gasteiger partial charge in [0.1, 0.15) is 23.1 Å². The summed E-state index contributed by atoms with van der Waals surface area (Å²) in [6, 6.07) is 2.49. The molecule has 1 aliphatic heterocycles. The van der Waals surface area contributed by atoms with E-state index >= 15 is 0 Å². The minimum absolute atomic E-state index is 0.0915. The lowest BCUT2D eigenvalue weighted by atomic mass is 10.0. The molecule has 1 aromatic carbocycles. The Hall–Kier alpha value is -2.60. The maximum absolute atomic E-state index is 14.4. The monoisotopic (exact) mass is 416 g/mol. The standard InChI is InChI=1S/C16H13BrFNO6/c1-16(2)24-14(21)11(15(22)25-16)9(20)4-7-5-10(23-3)8(6-19)13(18)12(7)17/h5,20H,4H2,1-3H3/i3D3. The highest BCUT2D eigenvalue weighted by Gasteiger charge is 2.41. The fourth-order valence-electron chi connectivity index (χ4n) is 2.12. The van der Waals surface area contributed by atoms with Gasteiger partial charge in [-0.25, -0.2) is 14.0 Å². The second-order valence-corrected chi connectivity index (χ2v) is 6.22. The minimum atomic E-state index is -2.97. The van der Waals surface area contributed by atoms with E-state index in [-0.39, 0.29) is 10.0 Å². The number of aliphatic hydroxyl groups is 1. The first-order chi connectivity index (χ1) is 12.8. The Balaban J connectivity index is 2.50. The first-order valence-electron chi connectivity index (χ1n) is 8.24. The normalized spacial score (nSPS) is 18.2. The number of cyclic esters (lactones) is 2. The Morgan fingerprint density at radius 1 is 1.48 bits per heavy atom. The zero-order valence-corrected chi connectivity index (χ0v) is 14.6. The van der Waals surface area contributed by atoms with Crippen molar-refractivity contribution < 1.29 is 37.4 Å². The predicted molar refractivity (Wildman–Crippen MR) is 85.0 cm³/mol. The van der Waals surface area contributed by atoms with Gasteiger partial charge >= 0.3 is 11.9 Å². The molecule has 0 saturated carbocycles. The van der Waals surface area contributed by atoms with Crippen LogP contribution < -0.4 is 4.74 Å². The fourth-order valence-corrected chi connectivity index (χ4v) is 2.58. The van der Waals surface area contributed by atoms with E-state index < -0.39 is 59.6 Å². The largest absolute Gasteiger partial charge is 0.511 e.